The van der Waals surface area contributed by atoms with E-state index in [0.717, 1.165) is 30.0 Å². The SMILES string of the molecule is COc1ccc(C#N)c(C)c1C1CNC1. The summed E-state index contributed by atoms with van der Waals surface area (Å²) < 4.78 is 5.35. The molecule has 0 atom stereocenters. The van der Waals surface area contributed by atoms with Gasteiger partial charge in [0.25, 0.3) is 0 Å². The van der Waals surface area contributed by atoms with Crippen LogP contribution < -0.4 is 10.1 Å². The first-order valence-corrected chi connectivity index (χ1v) is 5.06. The van der Waals surface area contributed by atoms with Crippen LogP contribution in [0.15, 0.2) is 12.1 Å². The lowest BCUT2D eigenvalue weighted by Crippen LogP contribution is -2.40. The Morgan fingerprint density at radius 2 is 2.20 bits per heavy atom. The van der Waals surface area contributed by atoms with Crippen molar-refractivity contribution in [3.63, 3.8) is 0 Å². The lowest BCUT2D eigenvalue weighted by Gasteiger charge is -2.30. The molecule has 0 unspecified atom stereocenters. The molecular weight excluding hydrogens is 188 g/mol. The van der Waals surface area contributed by atoms with Gasteiger partial charge in [-0.3, -0.25) is 0 Å². The first kappa shape index (κ1) is 10.0. The van der Waals surface area contributed by atoms with Crippen molar-refractivity contribution in [1.29, 1.82) is 5.26 Å². The van der Waals surface area contributed by atoms with Gasteiger partial charge in [-0.15, -0.1) is 0 Å². The molecule has 15 heavy (non-hydrogen) atoms. The van der Waals surface area contributed by atoms with Gasteiger partial charge in [0.2, 0.25) is 0 Å². The van der Waals surface area contributed by atoms with Gasteiger partial charge in [-0.25, -0.2) is 0 Å². The Bertz CT molecular complexity index is 416. The number of ether oxygens (including phenoxy) is 1. The van der Waals surface area contributed by atoms with E-state index in [2.05, 4.69) is 11.4 Å². The van der Waals surface area contributed by atoms with Gasteiger partial charge in [-0.2, -0.15) is 5.26 Å². The number of rotatable bonds is 2. The Hall–Kier alpha value is -1.53. The van der Waals surface area contributed by atoms with Crippen LogP contribution in [0.1, 0.15) is 22.6 Å². The first-order chi connectivity index (χ1) is 7.27. The van der Waals surface area contributed by atoms with Crippen molar-refractivity contribution in [2.24, 2.45) is 0 Å². The second kappa shape index (κ2) is 3.92. The van der Waals surface area contributed by atoms with Gasteiger partial charge in [0.1, 0.15) is 5.75 Å². The predicted molar refractivity (Wildman–Crippen MR) is 58.1 cm³/mol. The molecule has 3 nitrogen and oxygen atoms in total. The molecule has 2 rings (SSSR count). The van der Waals surface area contributed by atoms with Crippen molar-refractivity contribution in [1.82, 2.24) is 5.32 Å². The average molecular weight is 202 g/mol. The summed E-state index contributed by atoms with van der Waals surface area (Å²) in [6, 6.07) is 5.93. The van der Waals surface area contributed by atoms with Crippen LogP contribution in [0, 0.1) is 18.3 Å². The molecule has 3 heteroatoms. The minimum absolute atomic E-state index is 0.494. The molecule has 1 fully saturated rings. The van der Waals surface area contributed by atoms with Crippen LogP contribution in [0.5, 0.6) is 5.75 Å². The smallest absolute Gasteiger partial charge is 0.122 e. The van der Waals surface area contributed by atoms with Gasteiger partial charge in [0, 0.05) is 24.6 Å². The zero-order valence-electron chi connectivity index (χ0n) is 9.00. The molecule has 0 amide bonds. The zero-order chi connectivity index (χ0) is 10.8. The summed E-state index contributed by atoms with van der Waals surface area (Å²) in [6.45, 7) is 3.95. The molecule has 1 aromatic rings. The third-order valence-electron chi connectivity index (χ3n) is 3.00. The topological polar surface area (TPSA) is 45.0 Å². The second-order valence-corrected chi connectivity index (χ2v) is 3.82. The van der Waals surface area contributed by atoms with Crippen LogP contribution in [0.4, 0.5) is 0 Å². The minimum atomic E-state index is 0.494. The number of nitriles is 1. The average Bonchev–Trinajstić information content (AvgIpc) is 2.18. The summed E-state index contributed by atoms with van der Waals surface area (Å²) in [5, 5.41) is 12.2. The quantitative estimate of drug-likeness (QED) is 0.791. The predicted octanol–water partition coefficient (Wildman–Crippen LogP) is 1.56. The first-order valence-electron chi connectivity index (χ1n) is 5.06. The van der Waals surface area contributed by atoms with Gasteiger partial charge >= 0.3 is 0 Å². The number of nitrogens with one attached hydrogen (secondary N) is 1. The minimum Gasteiger partial charge on any atom is -0.496 e. The molecule has 1 aromatic carbocycles. The molecule has 1 aliphatic rings. The van der Waals surface area contributed by atoms with E-state index in [1.165, 1.54) is 5.56 Å². The Kier molecular flexibility index (Phi) is 2.61. The number of hydrogen-bond acceptors (Lipinski definition) is 3. The number of hydrogen-bond donors (Lipinski definition) is 1. The maximum absolute atomic E-state index is 8.97. The molecule has 1 saturated heterocycles. The molecule has 1 N–H and O–H groups in total. The van der Waals surface area contributed by atoms with Crippen LogP contribution in [0.3, 0.4) is 0 Å². The molecule has 78 valence electrons. The summed E-state index contributed by atoms with van der Waals surface area (Å²) >= 11 is 0. The fourth-order valence-corrected chi connectivity index (χ4v) is 2.00. The number of benzene rings is 1. The zero-order valence-corrected chi connectivity index (χ0v) is 9.00. The molecule has 0 aromatic heterocycles. The van der Waals surface area contributed by atoms with Crippen molar-refractivity contribution >= 4 is 0 Å². The fourth-order valence-electron chi connectivity index (χ4n) is 2.00. The van der Waals surface area contributed by atoms with Gasteiger partial charge in [-0.1, -0.05) is 0 Å². The summed E-state index contributed by atoms with van der Waals surface area (Å²) in [5.41, 5.74) is 3.00. The molecule has 0 aliphatic carbocycles. The summed E-state index contributed by atoms with van der Waals surface area (Å²) in [7, 11) is 1.68. The highest BCUT2D eigenvalue weighted by Crippen LogP contribution is 2.33. The van der Waals surface area contributed by atoms with Crippen LogP contribution in [-0.4, -0.2) is 20.2 Å². The van der Waals surface area contributed by atoms with Crippen molar-refractivity contribution in [3.05, 3.63) is 28.8 Å². The molecule has 0 saturated carbocycles. The summed E-state index contributed by atoms with van der Waals surface area (Å²) in [5.74, 6) is 1.39. The lowest BCUT2D eigenvalue weighted by molar-refractivity contribution is 0.384. The van der Waals surface area contributed by atoms with E-state index in [9.17, 15) is 0 Å². The lowest BCUT2D eigenvalue weighted by atomic mass is 9.87. The Morgan fingerprint density at radius 3 is 2.67 bits per heavy atom. The van der Waals surface area contributed by atoms with Gasteiger partial charge in [0.15, 0.2) is 0 Å². The van der Waals surface area contributed by atoms with Crippen molar-refractivity contribution in [2.45, 2.75) is 12.8 Å². The van der Waals surface area contributed by atoms with Gasteiger partial charge < -0.3 is 10.1 Å². The highest BCUT2D eigenvalue weighted by atomic mass is 16.5. The van der Waals surface area contributed by atoms with E-state index < -0.39 is 0 Å². The molecule has 0 spiro atoms. The highest BCUT2D eigenvalue weighted by Gasteiger charge is 2.25. The van der Waals surface area contributed by atoms with Crippen LogP contribution in [-0.2, 0) is 0 Å². The summed E-state index contributed by atoms with van der Waals surface area (Å²) in [6.07, 6.45) is 0. The van der Waals surface area contributed by atoms with Crippen LogP contribution >= 0.6 is 0 Å². The van der Waals surface area contributed by atoms with E-state index >= 15 is 0 Å². The highest BCUT2D eigenvalue weighted by molar-refractivity contribution is 5.51. The third kappa shape index (κ3) is 1.57. The van der Waals surface area contributed by atoms with Crippen molar-refractivity contribution in [2.75, 3.05) is 20.2 Å². The number of methoxy groups -OCH3 is 1. The van der Waals surface area contributed by atoms with E-state index in [1.54, 1.807) is 7.11 Å². The number of nitrogens with zero attached hydrogens (tertiary/aromatic N) is 1. The van der Waals surface area contributed by atoms with Gasteiger partial charge in [0.05, 0.1) is 18.7 Å². The van der Waals surface area contributed by atoms with Crippen molar-refractivity contribution in [3.8, 4) is 11.8 Å². The van der Waals surface area contributed by atoms with E-state index in [1.807, 2.05) is 19.1 Å². The van der Waals surface area contributed by atoms with Crippen molar-refractivity contribution < 1.29 is 4.74 Å². The largest absolute Gasteiger partial charge is 0.496 e. The summed E-state index contributed by atoms with van der Waals surface area (Å²) in [4.78, 5) is 0. The molecule has 0 radical (unpaired) electrons. The Labute approximate surface area is 89.7 Å². The van der Waals surface area contributed by atoms with Gasteiger partial charge in [-0.05, 0) is 24.6 Å². The fraction of sp³-hybridized carbons (Fsp3) is 0.417. The molecular formula is C12H14N2O. The third-order valence-corrected chi connectivity index (χ3v) is 3.00. The maximum atomic E-state index is 8.97. The van der Waals surface area contributed by atoms with E-state index in [-0.39, 0.29) is 0 Å². The molecule has 1 aliphatic heterocycles. The van der Waals surface area contributed by atoms with E-state index in [4.69, 9.17) is 10.00 Å². The second-order valence-electron chi connectivity index (χ2n) is 3.82. The Morgan fingerprint density at radius 1 is 1.47 bits per heavy atom. The standard InChI is InChI=1S/C12H14N2O/c1-8-9(5-13)3-4-11(15-2)12(8)10-6-14-7-10/h3-4,10,14H,6-7H2,1-2H3. The Balaban J connectivity index is 2.51. The monoisotopic (exact) mass is 202 g/mol. The normalized spacial score (nSPS) is 15.5. The molecule has 0 bridgehead atoms. The van der Waals surface area contributed by atoms with Crippen LogP contribution in [0.25, 0.3) is 0 Å². The van der Waals surface area contributed by atoms with E-state index in [0.29, 0.717) is 5.92 Å². The molecule has 1 heterocycles. The van der Waals surface area contributed by atoms with Crippen LogP contribution in [0.2, 0.25) is 0 Å². The maximum Gasteiger partial charge on any atom is 0.122 e.